The Labute approximate surface area is 174 Å². The molecule has 22 heavy (non-hydrogen) atoms. The molecule has 0 aromatic heterocycles. The van der Waals surface area contributed by atoms with E-state index in [1.54, 1.807) is 0 Å². The van der Waals surface area contributed by atoms with Gasteiger partial charge in [0, 0.05) is 33.8 Å². The van der Waals surface area contributed by atoms with Crippen molar-refractivity contribution in [2.24, 2.45) is 0 Å². The second kappa shape index (κ2) is 8.09. The summed E-state index contributed by atoms with van der Waals surface area (Å²) >= 11 is 27.8. The maximum absolute atomic E-state index is 6.03. The van der Waals surface area contributed by atoms with Crippen molar-refractivity contribution in [1.29, 1.82) is 0 Å². The fourth-order valence-corrected chi connectivity index (χ4v) is 15.4. The van der Waals surface area contributed by atoms with Crippen LogP contribution in [0.1, 0.15) is 0 Å². The minimum absolute atomic E-state index is 0.564. The molecule has 0 bridgehead atoms. The third-order valence-corrected chi connectivity index (χ3v) is 16.7. The molecule has 2 atom stereocenters. The second-order valence-electron chi connectivity index (χ2n) is 4.54. The lowest BCUT2D eigenvalue weighted by molar-refractivity contribution is 1.15. The standard InChI is InChI=1S/C12H10Cl2S8/c13-1-5-3-15-7-9(17-5)21-11(19-7)12-20-8-10(22-12)18-6(2-14)4-16-8/h5-6H,1-4H2. The SMILES string of the molecule is ClCC1CSC2=C(SC(=C3SC4=C(S3)SC(CCl)CS4)S2)S1. The summed E-state index contributed by atoms with van der Waals surface area (Å²) in [5.41, 5.74) is 0. The number of rotatable bonds is 2. The van der Waals surface area contributed by atoms with E-state index in [0.717, 1.165) is 23.3 Å². The summed E-state index contributed by atoms with van der Waals surface area (Å²) in [6.07, 6.45) is 0. The maximum atomic E-state index is 6.03. The number of thioether (sulfide) groups is 8. The molecule has 0 aromatic carbocycles. The lowest BCUT2D eigenvalue weighted by Crippen LogP contribution is -2.10. The normalized spacial score (nSPS) is 35.2. The molecule has 0 spiro atoms. The molecule has 4 rings (SSSR count). The van der Waals surface area contributed by atoms with E-state index in [1.807, 2.05) is 94.1 Å². The van der Waals surface area contributed by atoms with E-state index in [-0.39, 0.29) is 0 Å². The lowest BCUT2D eigenvalue weighted by atomic mass is 10.5. The highest BCUT2D eigenvalue weighted by atomic mass is 35.5. The highest BCUT2D eigenvalue weighted by Gasteiger charge is 2.35. The van der Waals surface area contributed by atoms with Gasteiger partial charge in [-0.05, 0) is 0 Å². The molecule has 4 aliphatic heterocycles. The third kappa shape index (κ3) is 3.81. The topological polar surface area (TPSA) is 0 Å². The quantitative estimate of drug-likeness (QED) is 0.367. The first kappa shape index (κ1) is 18.0. The van der Waals surface area contributed by atoms with Crippen LogP contribution in [0.2, 0.25) is 0 Å². The van der Waals surface area contributed by atoms with E-state index in [2.05, 4.69) is 0 Å². The van der Waals surface area contributed by atoms with Crippen LogP contribution in [0.15, 0.2) is 25.4 Å². The Morgan fingerprint density at radius 1 is 0.636 bits per heavy atom. The fourth-order valence-electron chi connectivity index (χ4n) is 1.89. The van der Waals surface area contributed by atoms with Gasteiger partial charge in [-0.2, -0.15) is 0 Å². The van der Waals surface area contributed by atoms with Crippen molar-refractivity contribution in [2.45, 2.75) is 10.5 Å². The Kier molecular flexibility index (Phi) is 6.61. The van der Waals surface area contributed by atoms with E-state index >= 15 is 0 Å². The van der Waals surface area contributed by atoms with Gasteiger partial charge in [0.05, 0.1) is 25.4 Å². The monoisotopic (exact) mass is 480 g/mol. The molecule has 0 amide bonds. The molecular formula is C12H10Cl2S8. The number of alkyl halides is 2. The molecular weight excluding hydrogens is 472 g/mol. The van der Waals surface area contributed by atoms with Crippen LogP contribution in [0.4, 0.5) is 0 Å². The summed E-state index contributed by atoms with van der Waals surface area (Å²) in [6, 6.07) is 0. The summed E-state index contributed by atoms with van der Waals surface area (Å²) in [5.74, 6) is 3.78. The number of halogens is 2. The molecule has 0 nitrogen and oxygen atoms in total. The van der Waals surface area contributed by atoms with Gasteiger partial charge >= 0.3 is 0 Å². The van der Waals surface area contributed by atoms with Crippen molar-refractivity contribution in [3.63, 3.8) is 0 Å². The Morgan fingerprint density at radius 2 is 1.05 bits per heavy atom. The fraction of sp³-hybridized carbons (Fsp3) is 0.500. The largest absolute Gasteiger partial charge is 0.125 e. The predicted molar refractivity (Wildman–Crippen MR) is 121 cm³/mol. The van der Waals surface area contributed by atoms with Gasteiger partial charge in [-0.15, -0.1) is 70.2 Å². The zero-order valence-electron chi connectivity index (χ0n) is 11.0. The van der Waals surface area contributed by atoms with Crippen LogP contribution < -0.4 is 0 Å². The molecule has 0 saturated carbocycles. The van der Waals surface area contributed by atoms with Gasteiger partial charge < -0.3 is 0 Å². The Bertz CT molecular complexity index is 534. The highest BCUT2D eigenvalue weighted by molar-refractivity contribution is 8.45. The van der Waals surface area contributed by atoms with Crippen molar-refractivity contribution in [3.8, 4) is 0 Å². The van der Waals surface area contributed by atoms with Gasteiger partial charge in [-0.3, -0.25) is 0 Å². The zero-order chi connectivity index (χ0) is 15.1. The zero-order valence-corrected chi connectivity index (χ0v) is 19.0. The van der Waals surface area contributed by atoms with Crippen LogP contribution in [0.25, 0.3) is 0 Å². The van der Waals surface area contributed by atoms with E-state index in [4.69, 9.17) is 23.2 Å². The first-order chi connectivity index (χ1) is 10.8. The predicted octanol–water partition coefficient (Wildman–Crippen LogP) is 7.50. The third-order valence-electron chi connectivity index (χ3n) is 2.93. The molecule has 0 N–H and O–H groups in total. The van der Waals surface area contributed by atoms with E-state index in [1.165, 1.54) is 25.4 Å². The van der Waals surface area contributed by atoms with Gasteiger partial charge in [0.2, 0.25) is 0 Å². The van der Waals surface area contributed by atoms with Gasteiger partial charge in [-0.1, -0.05) is 47.0 Å². The van der Waals surface area contributed by atoms with Gasteiger partial charge in [-0.25, -0.2) is 0 Å². The van der Waals surface area contributed by atoms with Crippen LogP contribution in [-0.2, 0) is 0 Å². The van der Waals surface area contributed by atoms with E-state index < -0.39 is 0 Å². The average Bonchev–Trinajstić information content (AvgIpc) is 3.16. The summed E-state index contributed by atoms with van der Waals surface area (Å²) in [4.78, 5) is 0. The molecule has 10 heteroatoms. The van der Waals surface area contributed by atoms with Gasteiger partial charge in [0.15, 0.2) is 0 Å². The summed E-state index contributed by atoms with van der Waals surface area (Å²) in [5, 5.41) is 1.13. The molecule has 4 heterocycles. The van der Waals surface area contributed by atoms with E-state index in [0.29, 0.717) is 10.5 Å². The minimum Gasteiger partial charge on any atom is -0.125 e. The van der Waals surface area contributed by atoms with Crippen molar-refractivity contribution in [2.75, 3.05) is 23.3 Å². The average molecular weight is 482 g/mol. The van der Waals surface area contributed by atoms with Crippen molar-refractivity contribution >= 4 is 117 Å². The molecule has 0 aromatic rings. The smallest absolute Gasteiger partial charge is 0.0717 e. The minimum atomic E-state index is 0.564. The molecule has 120 valence electrons. The van der Waals surface area contributed by atoms with Crippen LogP contribution >= 0.6 is 117 Å². The summed E-state index contributed by atoms with van der Waals surface area (Å²) < 4.78 is 8.85. The van der Waals surface area contributed by atoms with Gasteiger partial charge in [0.25, 0.3) is 0 Å². The Morgan fingerprint density at radius 3 is 1.45 bits per heavy atom. The van der Waals surface area contributed by atoms with Crippen LogP contribution in [0, 0.1) is 0 Å². The Hall–Kier alpha value is 2.60. The molecule has 2 unspecified atom stereocenters. The summed E-state index contributed by atoms with van der Waals surface area (Å²) in [7, 11) is 0. The van der Waals surface area contributed by atoms with Gasteiger partial charge in [0.1, 0.15) is 0 Å². The number of hydrogen-bond donors (Lipinski definition) is 0. The second-order valence-corrected chi connectivity index (χ2v) is 15.5. The first-order valence-corrected chi connectivity index (χ1v) is 14.5. The Balaban J connectivity index is 1.46. The highest BCUT2D eigenvalue weighted by Crippen LogP contribution is 2.68. The molecule has 0 radical (unpaired) electrons. The number of hydrogen-bond acceptors (Lipinski definition) is 8. The molecule has 0 fully saturated rings. The van der Waals surface area contributed by atoms with Crippen LogP contribution in [-0.4, -0.2) is 33.8 Å². The molecule has 4 aliphatic rings. The molecule has 0 saturated heterocycles. The van der Waals surface area contributed by atoms with E-state index in [9.17, 15) is 0 Å². The summed E-state index contributed by atoms with van der Waals surface area (Å²) in [6.45, 7) is 0. The van der Waals surface area contributed by atoms with Crippen LogP contribution in [0.5, 0.6) is 0 Å². The van der Waals surface area contributed by atoms with Crippen molar-refractivity contribution in [3.05, 3.63) is 25.4 Å². The maximum Gasteiger partial charge on any atom is 0.0717 e. The lowest BCUT2D eigenvalue weighted by Gasteiger charge is -2.18. The first-order valence-electron chi connectivity index (χ1n) is 6.42. The van der Waals surface area contributed by atoms with Crippen molar-refractivity contribution in [1.82, 2.24) is 0 Å². The molecule has 0 aliphatic carbocycles. The van der Waals surface area contributed by atoms with Crippen molar-refractivity contribution < 1.29 is 0 Å². The van der Waals surface area contributed by atoms with Crippen LogP contribution in [0.3, 0.4) is 0 Å².